The lowest BCUT2D eigenvalue weighted by Gasteiger charge is -2.15. The van der Waals surface area contributed by atoms with Gasteiger partial charge < -0.3 is 10.4 Å². The number of nitrogens with one attached hydrogen (secondary N) is 1. The van der Waals surface area contributed by atoms with Gasteiger partial charge in [0.25, 0.3) is 5.69 Å². The summed E-state index contributed by atoms with van der Waals surface area (Å²) in [6.45, 7) is 0.0970. The molecule has 3 rings (SSSR count). The van der Waals surface area contributed by atoms with E-state index in [-0.39, 0.29) is 24.6 Å². The predicted molar refractivity (Wildman–Crippen MR) is 98.7 cm³/mol. The van der Waals surface area contributed by atoms with Crippen LogP contribution in [0.4, 0.5) is 5.69 Å². The van der Waals surface area contributed by atoms with Crippen molar-refractivity contribution in [1.29, 1.82) is 0 Å². The van der Waals surface area contributed by atoms with Gasteiger partial charge in [0.1, 0.15) is 0 Å². The first kappa shape index (κ1) is 17.6. The number of fused-ring (bicyclic) bond motifs is 1. The Morgan fingerprint density at radius 2 is 1.73 bits per heavy atom. The number of nitro groups is 1. The van der Waals surface area contributed by atoms with Crippen LogP contribution in [0.5, 0.6) is 0 Å². The second kappa shape index (κ2) is 7.76. The monoisotopic (exact) mass is 350 g/mol. The first-order chi connectivity index (χ1) is 12.5. The molecule has 0 spiro atoms. The second-order valence-electron chi connectivity index (χ2n) is 5.99. The van der Waals surface area contributed by atoms with Crippen molar-refractivity contribution in [3.05, 3.63) is 88.0 Å². The molecule has 0 aliphatic rings. The highest BCUT2D eigenvalue weighted by Gasteiger charge is 2.13. The van der Waals surface area contributed by atoms with Gasteiger partial charge in [0.15, 0.2) is 0 Å². The predicted octanol–water partition coefficient (Wildman–Crippen LogP) is 3.14. The van der Waals surface area contributed by atoms with Crippen LogP contribution < -0.4 is 5.32 Å². The smallest absolute Gasteiger partial charge is 0.269 e. The summed E-state index contributed by atoms with van der Waals surface area (Å²) < 4.78 is 0. The van der Waals surface area contributed by atoms with Crippen LogP contribution in [0, 0.1) is 10.1 Å². The molecule has 2 N–H and O–H groups in total. The quantitative estimate of drug-likeness (QED) is 0.528. The molecule has 0 radical (unpaired) electrons. The highest BCUT2D eigenvalue weighted by atomic mass is 16.6. The fraction of sp³-hybridized carbons (Fsp3) is 0.150. The number of rotatable bonds is 6. The molecular formula is C20H18N2O4. The highest BCUT2D eigenvalue weighted by molar-refractivity contribution is 5.86. The van der Waals surface area contributed by atoms with E-state index in [1.54, 1.807) is 12.1 Å². The third-order valence-corrected chi connectivity index (χ3v) is 4.19. The largest absolute Gasteiger partial charge is 0.387 e. The third kappa shape index (κ3) is 4.04. The average Bonchev–Trinajstić information content (AvgIpc) is 2.66. The maximum atomic E-state index is 12.1. The molecule has 6 nitrogen and oxygen atoms in total. The van der Waals surface area contributed by atoms with Crippen molar-refractivity contribution in [2.45, 2.75) is 12.5 Å². The maximum Gasteiger partial charge on any atom is 0.269 e. The van der Waals surface area contributed by atoms with Gasteiger partial charge in [-0.3, -0.25) is 14.9 Å². The standard InChI is InChI=1S/C20H18N2O4/c23-19(18-7-3-5-15-4-1-2-6-17(15)18)13-21-20(24)12-14-8-10-16(11-9-14)22(25)26/h1-11,19,23H,12-13H2,(H,21,24). The number of nitro benzene ring substituents is 1. The van der Waals surface area contributed by atoms with E-state index in [0.29, 0.717) is 5.56 Å². The van der Waals surface area contributed by atoms with E-state index in [4.69, 9.17) is 0 Å². The van der Waals surface area contributed by atoms with E-state index in [0.717, 1.165) is 16.3 Å². The van der Waals surface area contributed by atoms with E-state index in [2.05, 4.69) is 5.32 Å². The number of hydrogen-bond acceptors (Lipinski definition) is 4. The van der Waals surface area contributed by atoms with Gasteiger partial charge in [-0.05, 0) is 21.9 Å². The van der Waals surface area contributed by atoms with Crippen molar-refractivity contribution in [3.63, 3.8) is 0 Å². The molecular weight excluding hydrogens is 332 g/mol. The number of nitrogens with zero attached hydrogens (tertiary/aromatic N) is 1. The minimum Gasteiger partial charge on any atom is -0.387 e. The van der Waals surface area contributed by atoms with Gasteiger partial charge in [0.05, 0.1) is 17.4 Å². The molecule has 0 bridgehead atoms. The van der Waals surface area contributed by atoms with Gasteiger partial charge in [-0.15, -0.1) is 0 Å². The van der Waals surface area contributed by atoms with E-state index in [9.17, 15) is 20.0 Å². The molecule has 0 saturated heterocycles. The molecule has 1 unspecified atom stereocenters. The molecule has 6 heteroatoms. The first-order valence-electron chi connectivity index (χ1n) is 8.20. The molecule has 26 heavy (non-hydrogen) atoms. The lowest BCUT2D eigenvalue weighted by Crippen LogP contribution is -2.29. The summed E-state index contributed by atoms with van der Waals surface area (Å²) in [7, 11) is 0. The van der Waals surface area contributed by atoms with Crippen LogP contribution in [0.25, 0.3) is 10.8 Å². The number of hydrogen-bond donors (Lipinski definition) is 2. The molecule has 0 aliphatic carbocycles. The van der Waals surface area contributed by atoms with Crippen LogP contribution in [0.15, 0.2) is 66.7 Å². The van der Waals surface area contributed by atoms with Crippen LogP contribution in [-0.2, 0) is 11.2 Å². The van der Waals surface area contributed by atoms with E-state index < -0.39 is 11.0 Å². The van der Waals surface area contributed by atoms with Crippen LogP contribution >= 0.6 is 0 Å². The Bertz CT molecular complexity index is 933. The maximum absolute atomic E-state index is 12.1. The van der Waals surface area contributed by atoms with E-state index >= 15 is 0 Å². The van der Waals surface area contributed by atoms with Crippen molar-refractivity contribution in [2.24, 2.45) is 0 Å². The summed E-state index contributed by atoms with van der Waals surface area (Å²) in [6.07, 6.45) is -0.720. The molecule has 132 valence electrons. The van der Waals surface area contributed by atoms with Gasteiger partial charge >= 0.3 is 0 Å². The summed E-state index contributed by atoms with van der Waals surface area (Å²) in [5.41, 5.74) is 1.42. The van der Waals surface area contributed by atoms with Crippen molar-refractivity contribution in [3.8, 4) is 0 Å². The SMILES string of the molecule is O=C(Cc1ccc([N+](=O)[O-])cc1)NCC(O)c1cccc2ccccc12. The van der Waals surface area contributed by atoms with Crippen molar-refractivity contribution in [2.75, 3.05) is 6.54 Å². The lowest BCUT2D eigenvalue weighted by molar-refractivity contribution is -0.384. The summed E-state index contributed by atoms with van der Waals surface area (Å²) in [4.78, 5) is 22.2. The zero-order chi connectivity index (χ0) is 18.5. The molecule has 0 fully saturated rings. The Morgan fingerprint density at radius 1 is 1.04 bits per heavy atom. The van der Waals surface area contributed by atoms with Crippen LogP contribution in [0.3, 0.4) is 0 Å². The van der Waals surface area contributed by atoms with Gasteiger partial charge in [-0.25, -0.2) is 0 Å². The molecule has 1 amide bonds. The Hall–Kier alpha value is -3.25. The summed E-state index contributed by atoms with van der Waals surface area (Å²) >= 11 is 0. The second-order valence-corrected chi connectivity index (χ2v) is 5.99. The molecule has 1 atom stereocenters. The van der Waals surface area contributed by atoms with E-state index in [1.807, 2.05) is 42.5 Å². The number of non-ortho nitro benzene ring substituents is 1. The minimum absolute atomic E-state index is 0.0134. The molecule has 0 aromatic heterocycles. The first-order valence-corrected chi connectivity index (χ1v) is 8.20. The number of aliphatic hydroxyl groups excluding tert-OH is 1. The Morgan fingerprint density at radius 3 is 2.46 bits per heavy atom. The summed E-state index contributed by atoms with van der Waals surface area (Å²) in [6, 6.07) is 19.3. The summed E-state index contributed by atoms with van der Waals surface area (Å²) in [5, 5.41) is 25.8. The summed E-state index contributed by atoms with van der Waals surface area (Å²) in [5.74, 6) is -0.252. The molecule has 3 aromatic rings. The molecule has 0 aliphatic heterocycles. The minimum atomic E-state index is -0.818. The number of carbonyl (C=O) groups is 1. The van der Waals surface area contributed by atoms with Crippen molar-refractivity contribution in [1.82, 2.24) is 5.32 Å². The average molecular weight is 350 g/mol. The Labute approximate surface area is 150 Å². The molecule has 0 heterocycles. The highest BCUT2D eigenvalue weighted by Crippen LogP contribution is 2.23. The van der Waals surface area contributed by atoms with Crippen molar-refractivity contribution >= 4 is 22.4 Å². The fourth-order valence-electron chi connectivity index (χ4n) is 2.84. The van der Waals surface area contributed by atoms with Gasteiger partial charge in [0, 0.05) is 18.7 Å². The van der Waals surface area contributed by atoms with E-state index in [1.165, 1.54) is 12.1 Å². The Kier molecular flexibility index (Phi) is 5.24. The Balaban J connectivity index is 1.61. The fourth-order valence-corrected chi connectivity index (χ4v) is 2.84. The number of amides is 1. The van der Waals surface area contributed by atoms with Crippen molar-refractivity contribution < 1.29 is 14.8 Å². The van der Waals surface area contributed by atoms with Crippen LogP contribution in [-0.4, -0.2) is 22.5 Å². The van der Waals surface area contributed by atoms with Gasteiger partial charge in [-0.1, -0.05) is 54.6 Å². The van der Waals surface area contributed by atoms with Crippen LogP contribution in [0.1, 0.15) is 17.2 Å². The van der Waals surface area contributed by atoms with Gasteiger partial charge in [0.2, 0.25) is 5.91 Å². The zero-order valence-electron chi connectivity index (χ0n) is 14.0. The lowest BCUT2D eigenvalue weighted by atomic mass is 10.0. The normalized spacial score (nSPS) is 11.9. The molecule has 0 saturated carbocycles. The van der Waals surface area contributed by atoms with Gasteiger partial charge in [-0.2, -0.15) is 0 Å². The topological polar surface area (TPSA) is 92.5 Å². The number of benzene rings is 3. The zero-order valence-corrected chi connectivity index (χ0v) is 14.0. The number of carbonyl (C=O) groups excluding carboxylic acids is 1. The third-order valence-electron chi connectivity index (χ3n) is 4.19. The number of aliphatic hydroxyl groups is 1. The van der Waals surface area contributed by atoms with Crippen LogP contribution in [0.2, 0.25) is 0 Å². The molecule has 3 aromatic carbocycles.